The monoisotopic (exact) mass is 326 g/mol. The standard InChI is InChI=1S/C18H18N2O4/c1-12-9-14(21)10-16(22)17(12)18(23)20-7-2-8-24-15-5-3-13(11-19)4-6-15/h3-6,9-10,21-22H,2,7-8H2,1H3,(H,20,23). The smallest absolute Gasteiger partial charge is 0.255 e. The lowest BCUT2D eigenvalue weighted by molar-refractivity contribution is 0.0948. The number of hydrogen-bond acceptors (Lipinski definition) is 5. The van der Waals surface area contributed by atoms with Crippen LogP contribution in [-0.2, 0) is 0 Å². The topological polar surface area (TPSA) is 103 Å². The first-order valence-corrected chi connectivity index (χ1v) is 7.45. The van der Waals surface area contributed by atoms with Gasteiger partial charge in [0, 0.05) is 12.6 Å². The molecule has 24 heavy (non-hydrogen) atoms. The molecule has 2 rings (SSSR count). The average Bonchev–Trinajstić information content (AvgIpc) is 2.54. The van der Waals surface area contributed by atoms with E-state index in [9.17, 15) is 15.0 Å². The van der Waals surface area contributed by atoms with Gasteiger partial charge in [0.05, 0.1) is 23.8 Å². The van der Waals surface area contributed by atoms with Crippen molar-refractivity contribution in [2.24, 2.45) is 0 Å². The Kier molecular flexibility index (Phi) is 5.63. The van der Waals surface area contributed by atoms with E-state index in [0.29, 0.717) is 36.4 Å². The van der Waals surface area contributed by atoms with Crippen molar-refractivity contribution in [3.8, 4) is 23.3 Å². The molecular formula is C18H18N2O4. The van der Waals surface area contributed by atoms with Gasteiger partial charge in [-0.3, -0.25) is 4.79 Å². The number of phenolic OH excluding ortho intramolecular Hbond substituents is 2. The summed E-state index contributed by atoms with van der Waals surface area (Å²) < 4.78 is 5.51. The number of aromatic hydroxyl groups is 2. The van der Waals surface area contributed by atoms with Gasteiger partial charge in [0.2, 0.25) is 0 Å². The van der Waals surface area contributed by atoms with E-state index >= 15 is 0 Å². The van der Waals surface area contributed by atoms with Crippen LogP contribution in [0.3, 0.4) is 0 Å². The zero-order chi connectivity index (χ0) is 17.5. The van der Waals surface area contributed by atoms with Gasteiger partial charge in [-0.15, -0.1) is 0 Å². The van der Waals surface area contributed by atoms with Crippen LogP contribution in [0, 0.1) is 18.3 Å². The number of aryl methyl sites for hydroxylation is 1. The Morgan fingerprint density at radius 3 is 2.58 bits per heavy atom. The van der Waals surface area contributed by atoms with Crippen LogP contribution < -0.4 is 10.1 Å². The first-order valence-electron chi connectivity index (χ1n) is 7.45. The summed E-state index contributed by atoms with van der Waals surface area (Å²) in [6.45, 7) is 2.43. The van der Waals surface area contributed by atoms with E-state index in [0.717, 1.165) is 6.07 Å². The summed E-state index contributed by atoms with van der Waals surface area (Å²) >= 11 is 0. The Bertz CT molecular complexity index is 741. The Hall–Kier alpha value is -3.20. The van der Waals surface area contributed by atoms with Gasteiger partial charge in [0.1, 0.15) is 17.2 Å². The molecule has 0 saturated heterocycles. The highest BCUT2D eigenvalue weighted by Gasteiger charge is 2.14. The largest absolute Gasteiger partial charge is 0.508 e. The van der Waals surface area contributed by atoms with E-state index in [1.165, 1.54) is 6.07 Å². The second-order valence-electron chi connectivity index (χ2n) is 5.25. The van der Waals surface area contributed by atoms with Crippen molar-refractivity contribution in [3.05, 3.63) is 53.1 Å². The number of nitriles is 1. The number of carbonyl (C=O) groups excluding carboxylic acids is 1. The van der Waals surface area contributed by atoms with Crippen molar-refractivity contribution in [1.29, 1.82) is 5.26 Å². The highest BCUT2D eigenvalue weighted by atomic mass is 16.5. The molecule has 6 nitrogen and oxygen atoms in total. The Morgan fingerprint density at radius 1 is 1.25 bits per heavy atom. The molecule has 0 aliphatic carbocycles. The van der Waals surface area contributed by atoms with Crippen molar-refractivity contribution in [1.82, 2.24) is 5.32 Å². The third kappa shape index (κ3) is 4.40. The minimum atomic E-state index is -0.400. The fourth-order valence-corrected chi connectivity index (χ4v) is 2.22. The minimum Gasteiger partial charge on any atom is -0.508 e. The molecule has 2 aromatic rings. The van der Waals surface area contributed by atoms with Crippen LogP contribution in [0.1, 0.15) is 27.9 Å². The van der Waals surface area contributed by atoms with E-state index in [2.05, 4.69) is 5.32 Å². The van der Waals surface area contributed by atoms with E-state index in [1.807, 2.05) is 6.07 Å². The molecule has 1 amide bonds. The predicted octanol–water partition coefficient (Wildman–Crippen LogP) is 2.48. The molecule has 124 valence electrons. The third-order valence-electron chi connectivity index (χ3n) is 3.39. The van der Waals surface area contributed by atoms with Gasteiger partial charge in [-0.1, -0.05) is 0 Å². The van der Waals surface area contributed by atoms with Gasteiger partial charge >= 0.3 is 0 Å². The maximum Gasteiger partial charge on any atom is 0.255 e. The van der Waals surface area contributed by atoms with Crippen LogP contribution in [0.5, 0.6) is 17.2 Å². The quantitative estimate of drug-likeness (QED) is 0.708. The molecule has 0 unspecified atom stereocenters. The number of rotatable bonds is 6. The summed E-state index contributed by atoms with van der Waals surface area (Å²) in [5.74, 6) is -0.0769. The zero-order valence-electron chi connectivity index (χ0n) is 13.2. The molecule has 2 aromatic carbocycles. The SMILES string of the molecule is Cc1cc(O)cc(O)c1C(=O)NCCCOc1ccc(C#N)cc1. The predicted molar refractivity (Wildman–Crippen MR) is 88.1 cm³/mol. The molecule has 0 bridgehead atoms. The number of hydrogen-bond donors (Lipinski definition) is 3. The number of phenols is 2. The molecule has 0 atom stereocenters. The van der Waals surface area contributed by atoms with Crippen molar-refractivity contribution in [3.63, 3.8) is 0 Å². The lowest BCUT2D eigenvalue weighted by Gasteiger charge is -2.10. The minimum absolute atomic E-state index is 0.0858. The molecule has 0 heterocycles. The summed E-state index contributed by atoms with van der Waals surface area (Å²) in [4.78, 5) is 12.1. The number of amides is 1. The maximum absolute atomic E-state index is 12.1. The Labute approximate surface area is 139 Å². The number of nitrogens with one attached hydrogen (secondary N) is 1. The van der Waals surface area contributed by atoms with Crippen LogP contribution in [0.25, 0.3) is 0 Å². The lowest BCUT2D eigenvalue weighted by Crippen LogP contribution is -2.26. The maximum atomic E-state index is 12.1. The van der Waals surface area contributed by atoms with Crippen LogP contribution in [-0.4, -0.2) is 29.3 Å². The normalized spacial score (nSPS) is 10.0. The van der Waals surface area contributed by atoms with Crippen molar-refractivity contribution >= 4 is 5.91 Å². The van der Waals surface area contributed by atoms with Gasteiger partial charge in [-0.05, 0) is 49.2 Å². The number of nitrogens with zero attached hydrogens (tertiary/aromatic N) is 1. The molecule has 3 N–H and O–H groups in total. The van der Waals surface area contributed by atoms with E-state index in [4.69, 9.17) is 10.00 Å². The third-order valence-corrected chi connectivity index (χ3v) is 3.39. The van der Waals surface area contributed by atoms with Crippen LogP contribution in [0.4, 0.5) is 0 Å². The zero-order valence-corrected chi connectivity index (χ0v) is 13.2. The van der Waals surface area contributed by atoms with Crippen molar-refractivity contribution in [2.45, 2.75) is 13.3 Å². The molecule has 0 radical (unpaired) electrons. The summed E-state index contributed by atoms with van der Waals surface area (Å²) in [6, 6.07) is 11.4. The first kappa shape index (κ1) is 17.2. The highest BCUT2D eigenvalue weighted by molar-refractivity contribution is 5.98. The van der Waals surface area contributed by atoms with Crippen molar-refractivity contribution in [2.75, 3.05) is 13.2 Å². The molecular weight excluding hydrogens is 308 g/mol. The first-order chi connectivity index (χ1) is 11.5. The number of benzene rings is 2. The van der Waals surface area contributed by atoms with Gasteiger partial charge in [0.25, 0.3) is 5.91 Å². The van der Waals surface area contributed by atoms with Crippen LogP contribution in [0.15, 0.2) is 36.4 Å². The van der Waals surface area contributed by atoms with Crippen molar-refractivity contribution < 1.29 is 19.7 Å². The van der Waals surface area contributed by atoms with Gasteiger partial charge in [0.15, 0.2) is 0 Å². The summed E-state index contributed by atoms with van der Waals surface area (Å²) in [5, 5.41) is 30.5. The molecule has 0 fully saturated rings. The van der Waals surface area contributed by atoms with E-state index in [1.54, 1.807) is 31.2 Å². The van der Waals surface area contributed by atoms with Gasteiger partial charge in [-0.25, -0.2) is 0 Å². The molecule has 0 aliphatic rings. The number of ether oxygens (including phenoxy) is 1. The Morgan fingerprint density at radius 2 is 1.96 bits per heavy atom. The highest BCUT2D eigenvalue weighted by Crippen LogP contribution is 2.26. The Balaban J connectivity index is 1.78. The summed E-state index contributed by atoms with van der Waals surface area (Å²) in [6.07, 6.45) is 0.587. The van der Waals surface area contributed by atoms with E-state index in [-0.39, 0.29) is 17.1 Å². The van der Waals surface area contributed by atoms with Crippen LogP contribution >= 0.6 is 0 Å². The molecule has 0 spiro atoms. The van der Waals surface area contributed by atoms with Crippen LogP contribution in [0.2, 0.25) is 0 Å². The second-order valence-corrected chi connectivity index (χ2v) is 5.25. The van der Waals surface area contributed by atoms with Gasteiger partial charge in [-0.2, -0.15) is 5.26 Å². The molecule has 0 aliphatic heterocycles. The second kappa shape index (κ2) is 7.88. The lowest BCUT2D eigenvalue weighted by atomic mass is 10.1. The summed E-state index contributed by atoms with van der Waals surface area (Å²) in [7, 11) is 0. The molecule has 0 aromatic heterocycles. The average molecular weight is 326 g/mol. The number of carbonyl (C=O) groups is 1. The van der Waals surface area contributed by atoms with E-state index < -0.39 is 5.91 Å². The fraction of sp³-hybridized carbons (Fsp3) is 0.222. The summed E-state index contributed by atoms with van der Waals surface area (Å²) in [5.41, 5.74) is 1.22. The van der Waals surface area contributed by atoms with Gasteiger partial charge < -0.3 is 20.3 Å². The molecule has 6 heteroatoms. The fourth-order valence-electron chi connectivity index (χ4n) is 2.22. The molecule has 0 saturated carbocycles.